The normalized spacial score (nSPS) is 14.9. The highest BCUT2D eigenvalue weighted by Crippen LogP contribution is 2.32. The standard InChI is InChI=1S/C23H22N4OS/c1-15-14-21-24-25-23(27(21)20-12-6-4-10-18(15)20)29-16(2)22(28)26-13-7-9-17-8-3-5-11-19(17)26/h3-6,8,10-12,14,16H,7,9,13H2,1-2H3. The van der Waals surface area contributed by atoms with Crippen LogP contribution in [0.15, 0.2) is 59.8 Å². The van der Waals surface area contributed by atoms with E-state index in [1.807, 2.05) is 48.2 Å². The third kappa shape index (κ3) is 3.08. The van der Waals surface area contributed by atoms with E-state index in [4.69, 9.17) is 0 Å². The molecule has 2 aromatic carbocycles. The molecule has 1 aliphatic heterocycles. The van der Waals surface area contributed by atoms with Gasteiger partial charge in [-0.1, -0.05) is 48.2 Å². The SMILES string of the molecule is Cc1cc2nnc(SC(C)C(=O)N3CCCc4ccccc43)n2c2ccccc12. The van der Waals surface area contributed by atoms with Gasteiger partial charge in [-0.3, -0.25) is 9.20 Å². The lowest BCUT2D eigenvalue weighted by Gasteiger charge is -2.31. The second-order valence-electron chi connectivity index (χ2n) is 7.50. The van der Waals surface area contributed by atoms with E-state index in [-0.39, 0.29) is 11.2 Å². The molecule has 0 saturated heterocycles. The molecule has 1 amide bonds. The van der Waals surface area contributed by atoms with Crippen LogP contribution < -0.4 is 4.90 Å². The number of rotatable bonds is 3. The fourth-order valence-corrected chi connectivity index (χ4v) is 5.07. The maximum absolute atomic E-state index is 13.3. The zero-order valence-corrected chi connectivity index (χ0v) is 17.3. The molecule has 1 atom stereocenters. The molecule has 146 valence electrons. The van der Waals surface area contributed by atoms with Gasteiger partial charge in [-0.2, -0.15) is 0 Å². The quantitative estimate of drug-likeness (QED) is 0.468. The first-order valence-corrected chi connectivity index (χ1v) is 10.8. The molecule has 2 aromatic heterocycles. The van der Waals surface area contributed by atoms with E-state index in [1.54, 1.807) is 0 Å². The second kappa shape index (κ2) is 7.19. The van der Waals surface area contributed by atoms with Gasteiger partial charge in [0.2, 0.25) is 5.91 Å². The molecule has 5 rings (SSSR count). The molecule has 0 bridgehead atoms. The molecule has 0 saturated carbocycles. The van der Waals surface area contributed by atoms with Crippen molar-refractivity contribution in [2.45, 2.75) is 37.1 Å². The highest BCUT2D eigenvalue weighted by Gasteiger charge is 2.28. The summed E-state index contributed by atoms with van der Waals surface area (Å²) in [5.41, 5.74) is 5.35. The van der Waals surface area contributed by atoms with Crippen LogP contribution >= 0.6 is 11.8 Å². The Kier molecular flexibility index (Phi) is 4.51. The number of hydrogen-bond donors (Lipinski definition) is 0. The second-order valence-corrected chi connectivity index (χ2v) is 8.81. The van der Waals surface area contributed by atoms with Crippen molar-refractivity contribution in [3.8, 4) is 0 Å². The van der Waals surface area contributed by atoms with Crippen LogP contribution in [0.25, 0.3) is 16.6 Å². The molecule has 1 unspecified atom stereocenters. The van der Waals surface area contributed by atoms with Gasteiger partial charge in [0, 0.05) is 17.6 Å². The van der Waals surface area contributed by atoms with Crippen LogP contribution in [0.5, 0.6) is 0 Å². The first kappa shape index (κ1) is 18.2. The number of aromatic nitrogens is 3. The maximum Gasteiger partial charge on any atom is 0.240 e. The number of nitrogens with zero attached hydrogens (tertiary/aromatic N) is 4. The van der Waals surface area contributed by atoms with E-state index in [2.05, 4.69) is 39.7 Å². The molecule has 0 radical (unpaired) electrons. The summed E-state index contributed by atoms with van der Waals surface area (Å²) in [6.45, 7) is 4.81. The number of carbonyl (C=O) groups excluding carboxylic acids is 1. The monoisotopic (exact) mass is 402 g/mol. The highest BCUT2D eigenvalue weighted by molar-refractivity contribution is 8.00. The number of thioether (sulfide) groups is 1. The van der Waals surface area contributed by atoms with Crippen LogP contribution in [0.2, 0.25) is 0 Å². The van der Waals surface area contributed by atoms with Crippen molar-refractivity contribution in [3.63, 3.8) is 0 Å². The summed E-state index contributed by atoms with van der Waals surface area (Å²) in [6, 6.07) is 18.5. The molecule has 1 aliphatic rings. The predicted octanol–water partition coefficient (Wildman–Crippen LogP) is 4.65. The van der Waals surface area contributed by atoms with Crippen molar-refractivity contribution < 1.29 is 4.79 Å². The summed E-state index contributed by atoms with van der Waals surface area (Å²) in [4.78, 5) is 15.2. The van der Waals surface area contributed by atoms with Crippen LogP contribution in [0.4, 0.5) is 5.69 Å². The van der Waals surface area contributed by atoms with Gasteiger partial charge in [0.05, 0.1) is 10.8 Å². The van der Waals surface area contributed by atoms with E-state index in [0.717, 1.165) is 41.4 Å². The van der Waals surface area contributed by atoms with Crippen LogP contribution in [-0.4, -0.2) is 32.3 Å². The Morgan fingerprint density at radius 1 is 1.10 bits per heavy atom. The lowest BCUT2D eigenvalue weighted by molar-refractivity contribution is -0.117. The number of anilines is 1. The number of hydrogen-bond acceptors (Lipinski definition) is 4. The predicted molar refractivity (Wildman–Crippen MR) is 118 cm³/mol. The van der Waals surface area contributed by atoms with Gasteiger partial charge in [0.25, 0.3) is 0 Å². The van der Waals surface area contributed by atoms with Crippen molar-refractivity contribution in [1.82, 2.24) is 14.6 Å². The molecule has 29 heavy (non-hydrogen) atoms. The number of para-hydroxylation sites is 2. The van der Waals surface area contributed by atoms with E-state index in [0.29, 0.717) is 0 Å². The van der Waals surface area contributed by atoms with Crippen molar-refractivity contribution >= 4 is 39.9 Å². The Bertz CT molecular complexity index is 1230. The van der Waals surface area contributed by atoms with Crippen molar-refractivity contribution in [3.05, 3.63) is 65.7 Å². The summed E-state index contributed by atoms with van der Waals surface area (Å²) < 4.78 is 2.06. The third-order valence-electron chi connectivity index (χ3n) is 5.58. The lowest BCUT2D eigenvalue weighted by atomic mass is 10.0. The summed E-state index contributed by atoms with van der Waals surface area (Å²) >= 11 is 1.47. The highest BCUT2D eigenvalue weighted by atomic mass is 32.2. The van der Waals surface area contributed by atoms with Gasteiger partial charge in [-0.05, 0) is 56.0 Å². The van der Waals surface area contributed by atoms with Gasteiger partial charge >= 0.3 is 0 Å². The molecular formula is C23H22N4OS. The Morgan fingerprint density at radius 2 is 1.90 bits per heavy atom. The van der Waals surface area contributed by atoms with Gasteiger partial charge < -0.3 is 4.90 Å². The number of amides is 1. The van der Waals surface area contributed by atoms with E-state index < -0.39 is 0 Å². The minimum Gasteiger partial charge on any atom is -0.311 e. The van der Waals surface area contributed by atoms with Gasteiger partial charge in [0.15, 0.2) is 10.8 Å². The summed E-state index contributed by atoms with van der Waals surface area (Å²) in [5.74, 6) is 0.121. The zero-order valence-electron chi connectivity index (χ0n) is 16.5. The summed E-state index contributed by atoms with van der Waals surface area (Å²) in [5, 5.41) is 10.4. The molecule has 6 heteroatoms. The smallest absolute Gasteiger partial charge is 0.240 e. The fourth-order valence-electron chi connectivity index (χ4n) is 4.14. The number of benzene rings is 2. The van der Waals surface area contributed by atoms with Crippen molar-refractivity contribution in [2.24, 2.45) is 0 Å². The van der Waals surface area contributed by atoms with E-state index in [1.165, 1.54) is 28.3 Å². The molecule has 4 aromatic rings. The Labute approximate surface area is 173 Å². The first-order valence-electron chi connectivity index (χ1n) is 9.93. The zero-order chi connectivity index (χ0) is 20.0. The van der Waals surface area contributed by atoms with Crippen molar-refractivity contribution in [2.75, 3.05) is 11.4 Å². The molecular weight excluding hydrogens is 380 g/mol. The molecule has 0 spiro atoms. The van der Waals surface area contributed by atoms with Gasteiger partial charge in [-0.15, -0.1) is 10.2 Å². The summed E-state index contributed by atoms with van der Waals surface area (Å²) in [7, 11) is 0. The summed E-state index contributed by atoms with van der Waals surface area (Å²) in [6.07, 6.45) is 2.03. The minimum absolute atomic E-state index is 0.121. The lowest BCUT2D eigenvalue weighted by Crippen LogP contribution is -2.40. The van der Waals surface area contributed by atoms with Crippen LogP contribution in [0.1, 0.15) is 24.5 Å². The third-order valence-corrected chi connectivity index (χ3v) is 6.61. The molecule has 5 nitrogen and oxygen atoms in total. The Balaban J connectivity index is 1.49. The van der Waals surface area contributed by atoms with Crippen LogP contribution in [0.3, 0.4) is 0 Å². The minimum atomic E-state index is -0.256. The Morgan fingerprint density at radius 3 is 2.79 bits per heavy atom. The first-order chi connectivity index (χ1) is 14.1. The molecule has 0 N–H and O–H groups in total. The average molecular weight is 403 g/mol. The van der Waals surface area contributed by atoms with Crippen LogP contribution in [-0.2, 0) is 11.2 Å². The van der Waals surface area contributed by atoms with E-state index >= 15 is 0 Å². The van der Waals surface area contributed by atoms with Crippen molar-refractivity contribution in [1.29, 1.82) is 0 Å². The molecule has 0 fully saturated rings. The van der Waals surface area contributed by atoms with Crippen LogP contribution in [0, 0.1) is 6.92 Å². The largest absolute Gasteiger partial charge is 0.311 e. The average Bonchev–Trinajstić information content (AvgIpc) is 3.15. The van der Waals surface area contributed by atoms with E-state index in [9.17, 15) is 4.79 Å². The number of carbonyl (C=O) groups is 1. The molecule has 0 aliphatic carbocycles. The van der Waals surface area contributed by atoms with Gasteiger partial charge in [0.1, 0.15) is 0 Å². The number of pyridine rings is 1. The fraction of sp³-hybridized carbons (Fsp3) is 0.261. The van der Waals surface area contributed by atoms with Gasteiger partial charge in [-0.25, -0.2) is 0 Å². The Hall–Kier alpha value is -2.86. The number of aryl methyl sites for hydroxylation is 2. The topological polar surface area (TPSA) is 50.5 Å². The number of fused-ring (bicyclic) bond motifs is 4. The molecule has 3 heterocycles. The maximum atomic E-state index is 13.3.